The van der Waals surface area contributed by atoms with Gasteiger partial charge in [-0.3, -0.25) is 0 Å². The largest absolute Gasteiger partial charge is 0.406 e. The maximum absolute atomic E-state index is 15.4. The summed E-state index contributed by atoms with van der Waals surface area (Å²) < 4.78 is 110. The molecule has 3 N–H and O–H groups in total. The maximum atomic E-state index is 15.4. The van der Waals surface area contributed by atoms with Gasteiger partial charge in [-0.2, -0.15) is 26.3 Å². The van der Waals surface area contributed by atoms with Crippen molar-refractivity contribution in [1.29, 1.82) is 0 Å². The van der Waals surface area contributed by atoms with Gasteiger partial charge in [0, 0.05) is 30.3 Å². The number of benzene rings is 1. The predicted octanol–water partition coefficient (Wildman–Crippen LogP) is 7.49. The van der Waals surface area contributed by atoms with Gasteiger partial charge in [0.1, 0.15) is 12.5 Å². The minimum absolute atomic E-state index is 0.0895. The number of allylic oxidation sites excluding steroid dienone is 1. The van der Waals surface area contributed by atoms with Crippen LogP contribution in [0.15, 0.2) is 42.1 Å². The van der Waals surface area contributed by atoms with Crippen LogP contribution in [-0.2, 0) is 9.53 Å². The molecule has 0 heterocycles. The van der Waals surface area contributed by atoms with Gasteiger partial charge in [0.15, 0.2) is 5.41 Å². The number of aldehydes is 1. The molecule has 2 saturated carbocycles. The summed E-state index contributed by atoms with van der Waals surface area (Å²) in [5.41, 5.74) is -7.72. The van der Waals surface area contributed by atoms with Gasteiger partial charge in [0.25, 0.3) is 0 Å². The molecule has 2 fully saturated rings. The number of fused-ring (bicyclic) bond motifs is 3. The van der Waals surface area contributed by atoms with Crippen LogP contribution in [-0.4, -0.2) is 54.8 Å². The second-order valence-electron chi connectivity index (χ2n) is 12.3. The number of rotatable bonds is 8. The first-order valence-corrected chi connectivity index (χ1v) is 15.0. The third-order valence-electron chi connectivity index (χ3n) is 10.3. The Morgan fingerprint density at radius 3 is 2.32 bits per heavy atom. The lowest BCUT2D eigenvalue weighted by Gasteiger charge is -2.66. The normalized spacial score (nSPS) is 33.7. The van der Waals surface area contributed by atoms with Gasteiger partial charge in [0.05, 0.1) is 17.6 Å². The molecule has 0 spiro atoms. The Balaban J connectivity index is 1.84. The number of aliphatic hydroxyl groups excluding tert-OH is 1. The Bertz CT molecular complexity index is 1190. The van der Waals surface area contributed by atoms with Crippen molar-refractivity contribution in [2.24, 2.45) is 28.1 Å². The Hall–Kier alpha value is -2.67. The monoisotopic (exact) mass is 636 g/mol. The van der Waals surface area contributed by atoms with Crippen molar-refractivity contribution in [3.8, 4) is 0 Å². The Morgan fingerprint density at radius 1 is 1.09 bits per heavy atom. The zero-order valence-electron chi connectivity index (χ0n) is 24.6. The Morgan fingerprint density at radius 2 is 1.75 bits per heavy atom. The second kappa shape index (κ2) is 12.6. The summed E-state index contributed by atoms with van der Waals surface area (Å²) in [5.74, 6) is -3.77. The average molecular weight is 637 g/mol. The topological polar surface area (TPSA) is 87.7 Å². The highest BCUT2D eigenvalue weighted by Gasteiger charge is 2.84. The van der Waals surface area contributed by atoms with E-state index < -0.39 is 84.1 Å². The lowest BCUT2D eigenvalue weighted by molar-refractivity contribution is -0.415. The summed E-state index contributed by atoms with van der Waals surface area (Å²) in [6.07, 6.45) is -18.4. The fourth-order valence-electron chi connectivity index (χ4n) is 8.44. The molecule has 7 atom stereocenters. The molecular formula is C31H39F7N2O4. The number of amides is 2. The molecule has 246 valence electrons. The molecule has 0 saturated heterocycles. The molecular weight excluding hydrogens is 597 g/mol. The number of aliphatic hydroxyl groups is 1. The lowest BCUT2D eigenvalue weighted by atomic mass is 9.38. The van der Waals surface area contributed by atoms with Crippen molar-refractivity contribution in [2.75, 3.05) is 11.9 Å². The number of nitrogens with one attached hydrogen (secondary N) is 2. The van der Waals surface area contributed by atoms with Gasteiger partial charge >= 0.3 is 18.4 Å². The Kier molecular flexibility index (Phi) is 9.81. The molecule has 13 heteroatoms. The number of carbonyl (C=O) groups is 2. The highest BCUT2D eigenvalue weighted by atomic mass is 19.4. The van der Waals surface area contributed by atoms with Crippen LogP contribution in [0, 0.1) is 28.1 Å². The first-order chi connectivity index (χ1) is 20.6. The Labute approximate surface area is 251 Å². The molecule has 0 bridgehead atoms. The maximum Gasteiger partial charge on any atom is 0.406 e. The molecule has 7 unspecified atom stereocenters. The fraction of sp³-hybridized carbons (Fsp3) is 0.677. The second-order valence-corrected chi connectivity index (χ2v) is 12.3. The standard InChI is InChI=1S/C31H39F7N2O4/c1-3-5-15-44-24-16-20(40-26(43)39-19-9-7-6-8-10-19)11-12-22-27(4-2)14-13-23(32)29(30(33,34)35,31(36,37)38)25(27)21(42)17-28(22,24)18-41/h6-11,18,21-25,42H,3-5,12-17H2,1-2H3,(H2,39,40,43). The highest BCUT2D eigenvalue weighted by Crippen LogP contribution is 2.74. The van der Waals surface area contributed by atoms with Crippen molar-refractivity contribution in [3.05, 3.63) is 42.1 Å². The van der Waals surface area contributed by atoms with Gasteiger partial charge in [0.2, 0.25) is 0 Å². The summed E-state index contributed by atoms with van der Waals surface area (Å²) in [7, 11) is 0. The molecule has 2 amide bonds. The third kappa shape index (κ3) is 5.52. The quantitative estimate of drug-likeness (QED) is 0.157. The average Bonchev–Trinajstić information content (AvgIpc) is 3.09. The molecule has 4 rings (SSSR count). The van der Waals surface area contributed by atoms with E-state index in [-0.39, 0.29) is 31.6 Å². The van der Waals surface area contributed by atoms with E-state index >= 15 is 4.39 Å². The molecule has 3 aliphatic carbocycles. The third-order valence-corrected chi connectivity index (χ3v) is 10.3. The molecule has 6 nitrogen and oxygen atoms in total. The fourth-order valence-corrected chi connectivity index (χ4v) is 8.44. The number of alkyl halides is 7. The lowest BCUT2D eigenvalue weighted by Crippen LogP contribution is -2.74. The number of anilines is 1. The molecule has 0 radical (unpaired) electrons. The zero-order valence-corrected chi connectivity index (χ0v) is 24.6. The first kappa shape index (κ1) is 34.2. The van der Waals surface area contributed by atoms with Crippen LogP contribution in [0.1, 0.15) is 65.2 Å². The van der Waals surface area contributed by atoms with Crippen LogP contribution < -0.4 is 10.6 Å². The van der Waals surface area contributed by atoms with Gasteiger partial charge in [-0.15, -0.1) is 0 Å². The van der Waals surface area contributed by atoms with Crippen molar-refractivity contribution in [3.63, 3.8) is 0 Å². The van der Waals surface area contributed by atoms with Crippen molar-refractivity contribution in [2.45, 2.75) is 95.9 Å². The van der Waals surface area contributed by atoms with Crippen LogP contribution in [0.3, 0.4) is 0 Å². The van der Waals surface area contributed by atoms with Gasteiger partial charge in [-0.25, -0.2) is 9.18 Å². The number of hydrogen-bond acceptors (Lipinski definition) is 4. The van der Waals surface area contributed by atoms with Crippen molar-refractivity contribution >= 4 is 18.0 Å². The number of ether oxygens (including phenoxy) is 1. The van der Waals surface area contributed by atoms with Crippen LogP contribution in [0.4, 0.5) is 41.2 Å². The van der Waals surface area contributed by atoms with E-state index in [0.29, 0.717) is 24.8 Å². The first-order valence-electron chi connectivity index (χ1n) is 15.0. The van der Waals surface area contributed by atoms with Crippen LogP contribution in [0.2, 0.25) is 0 Å². The summed E-state index contributed by atoms with van der Waals surface area (Å²) in [4.78, 5) is 26.0. The molecule has 3 aliphatic rings. The van der Waals surface area contributed by atoms with Gasteiger partial charge in [-0.05, 0) is 62.0 Å². The number of urea groups is 1. The van der Waals surface area contributed by atoms with Gasteiger partial charge < -0.3 is 25.3 Å². The van der Waals surface area contributed by atoms with E-state index in [1.807, 2.05) is 6.92 Å². The predicted molar refractivity (Wildman–Crippen MR) is 148 cm³/mol. The van der Waals surface area contributed by atoms with E-state index in [2.05, 4.69) is 10.6 Å². The highest BCUT2D eigenvalue weighted by molar-refractivity contribution is 5.90. The van der Waals surface area contributed by atoms with Crippen LogP contribution in [0.5, 0.6) is 0 Å². The van der Waals surface area contributed by atoms with E-state index in [1.165, 1.54) is 13.0 Å². The van der Waals surface area contributed by atoms with E-state index in [9.17, 15) is 41.0 Å². The molecule has 44 heavy (non-hydrogen) atoms. The number of para-hydroxylation sites is 1. The summed E-state index contributed by atoms with van der Waals surface area (Å²) >= 11 is 0. The zero-order chi connectivity index (χ0) is 32.6. The summed E-state index contributed by atoms with van der Waals surface area (Å²) in [5, 5.41) is 16.7. The van der Waals surface area contributed by atoms with Crippen LogP contribution in [0.25, 0.3) is 0 Å². The number of halogens is 7. The molecule has 0 aliphatic heterocycles. The minimum atomic E-state index is -6.07. The number of hydrogen-bond donors (Lipinski definition) is 3. The minimum Gasteiger partial charge on any atom is -0.393 e. The summed E-state index contributed by atoms with van der Waals surface area (Å²) in [6.45, 7) is 3.44. The molecule has 0 aromatic heterocycles. The summed E-state index contributed by atoms with van der Waals surface area (Å²) in [6, 6.07) is 7.81. The van der Waals surface area contributed by atoms with E-state index in [1.54, 1.807) is 30.3 Å². The van der Waals surface area contributed by atoms with Crippen molar-refractivity contribution in [1.82, 2.24) is 5.32 Å². The van der Waals surface area contributed by atoms with Crippen molar-refractivity contribution < 1.29 is 50.2 Å². The van der Waals surface area contributed by atoms with Crippen LogP contribution >= 0.6 is 0 Å². The number of unbranched alkanes of at least 4 members (excludes halogenated alkanes) is 1. The molecule has 1 aromatic rings. The smallest absolute Gasteiger partial charge is 0.393 e. The SMILES string of the molecule is CCCCOC1CC(NC(=O)Nc2ccccc2)=CCC2C1(C=O)CC(O)C1C2(CC)CCC(F)C1(C(F)(F)F)C(F)(F)F. The van der Waals surface area contributed by atoms with Gasteiger partial charge in [-0.1, -0.05) is 44.5 Å². The number of carbonyl (C=O) groups excluding carboxylic acids is 2. The van der Waals surface area contributed by atoms with E-state index in [0.717, 1.165) is 0 Å². The van der Waals surface area contributed by atoms with E-state index in [4.69, 9.17) is 4.74 Å². The molecule has 1 aromatic carbocycles.